The summed E-state index contributed by atoms with van der Waals surface area (Å²) in [5.74, 6) is -2.82. The molecular formula is C23H22FN3O5S. The van der Waals surface area contributed by atoms with Crippen LogP contribution in [0.5, 0.6) is 0 Å². The largest absolute Gasteiger partial charge is 0.476 e. The summed E-state index contributed by atoms with van der Waals surface area (Å²) in [6.07, 6.45) is 0. The Morgan fingerprint density at radius 1 is 1.24 bits per heavy atom. The van der Waals surface area contributed by atoms with Crippen molar-refractivity contribution in [1.29, 1.82) is 0 Å². The highest BCUT2D eigenvalue weighted by molar-refractivity contribution is 7.91. The number of nitrogens with zero attached hydrogens (tertiary/aromatic N) is 3. The third-order valence-corrected chi connectivity index (χ3v) is 7.83. The van der Waals surface area contributed by atoms with Gasteiger partial charge in [0.15, 0.2) is 15.5 Å². The van der Waals surface area contributed by atoms with Gasteiger partial charge in [-0.25, -0.2) is 22.3 Å². The van der Waals surface area contributed by atoms with Gasteiger partial charge in [-0.1, -0.05) is 24.3 Å². The maximum atomic E-state index is 14.5. The fourth-order valence-corrected chi connectivity index (χ4v) is 6.13. The number of rotatable bonds is 4. The second-order valence-corrected chi connectivity index (χ2v) is 10.3. The van der Waals surface area contributed by atoms with Gasteiger partial charge in [-0.2, -0.15) is 5.10 Å². The fourth-order valence-electron chi connectivity index (χ4n) is 4.47. The zero-order valence-corrected chi connectivity index (χ0v) is 18.7. The van der Waals surface area contributed by atoms with Crippen molar-refractivity contribution in [2.75, 3.05) is 19.8 Å². The number of carbonyl (C=O) groups is 1. The summed E-state index contributed by atoms with van der Waals surface area (Å²) in [7, 11) is -4.05. The van der Waals surface area contributed by atoms with Crippen molar-refractivity contribution in [3.05, 3.63) is 65.1 Å². The van der Waals surface area contributed by atoms with Crippen LogP contribution in [0.2, 0.25) is 0 Å². The summed E-state index contributed by atoms with van der Waals surface area (Å²) in [4.78, 5) is 13.8. The number of halogens is 1. The molecule has 0 unspecified atom stereocenters. The second-order valence-electron chi connectivity index (χ2n) is 8.33. The molecule has 3 aromatic rings. The molecule has 2 aliphatic heterocycles. The van der Waals surface area contributed by atoms with Gasteiger partial charge in [-0.05, 0) is 30.7 Å². The molecule has 1 N–H and O–H groups in total. The smallest absolute Gasteiger partial charge is 0.356 e. The van der Waals surface area contributed by atoms with Gasteiger partial charge in [0.2, 0.25) is 0 Å². The molecule has 0 radical (unpaired) electrons. The standard InChI is InChI=1S/C23H22FN3O5S/c1-14-12-32-10-9-26(14)11-15-5-7-16(8-6-15)27-21-17-3-2-4-19(24)22(17)33(30,31)13-18(21)20(25-27)23(28)29/h2-8,14H,9-13H2,1H3,(H,28,29)/t14-/m0/s1. The first-order valence-corrected chi connectivity index (χ1v) is 12.2. The van der Waals surface area contributed by atoms with Crippen LogP contribution >= 0.6 is 0 Å². The summed E-state index contributed by atoms with van der Waals surface area (Å²) in [5, 5.41) is 13.9. The zero-order chi connectivity index (χ0) is 23.3. The number of benzene rings is 2. The van der Waals surface area contributed by atoms with Gasteiger partial charge in [0.25, 0.3) is 0 Å². The monoisotopic (exact) mass is 471 g/mol. The highest BCUT2D eigenvalue weighted by Crippen LogP contribution is 2.41. The van der Waals surface area contributed by atoms with E-state index in [1.807, 2.05) is 12.1 Å². The number of morpholine rings is 1. The first-order chi connectivity index (χ1) is 15.8. The molecular weight excluding hydrogens is 449 g/mol. The van der Waals surface area contributed by atoms with Crippen LogP contribution in [0.25, 0.3) is 16.9 Å². The van der Waals surface area contributed by atoms with Crippen LogP contribution in [0.1, 0.15) is 28.5 Å². The lowest BCUT2D eigenvalue weighted by Crippen LogP contribution is -2.42. The molecule has 0 spiro atoms. The Kier molecular flexibility index (Phi) is 5.31. The van der Waals surface area contributed by atoms with E-state index in [1.165, 1.54) is 16.8 Å². The molecule has 5 rings (SSSR count). The molecule has 1 aromatic heterocycles. The first kappa shape index (κ1) is 21.7. The number of aromatic carboxylic acids is 1. The highest BCUT2D eigenvalue weighted by atomic mass is 32.2. The Morgan fingerprint density at radius 2 is 2.00 bits per heavy atom. The molecule has 0 aliphatic carbocycles. The van der Waals surface area contributed by atoms with Gasteiger partial charge >= 0.3 is 5.97 Å². The number of aromatic nitrogens is 2. The van der Waals surface area contributed by atoms with Crippen LogP contribution in [0.15, 0.2) is 47.4 Å². The van der Waals surface area contributed by atoms with Gasteiger partial charge in [-0.15, -0.1) is 0 Å². The third-order valence-electron chi connectivity index (χ3n) is 6.13. The van der Waals surface area contributed by atoms with E-state index in [4.69, 9.17) is 4.74 Å². The van der Waals surface area contributed by atoms with E-state index in [0.717, 1.165) is 24.7 Å². The van der Waals surface area contributed by atoms with Crippen molar-refractivity contribution < 1.29 is 27.4 Å². The van der Waals surface area contributed by atoms with Crippen molar-refractivity contribution in [1.82, 2.24) is 14.7 Å². The van der Waals surface area contributed by atoms with Gasteiger partial charge < -0.3 is 9.84 Å². The maximum Gasteiger partial charge on any atom is 0.356 e. The van der Waals surface area contributed by atoms with E-state index in [9.17, 15) is 22.7 Å². The van der Waals surface area contributed by atoms with Crippen molar-refractivity contribution >= 4 is 15.8 Å². The Hall–Kier alpha value is -3.08. The molecule has 2 aliphatic rings. The number of sulfone groups is 1. The molecule has 0 saturated carbocycles. The summed E-state index contributed by atoms with van der Waals surface area (Å²) in [6.45, 7) is 5.08. The lowest BCUT2D eigenvalue weighted by Gasteiger charge is -2.33. The zero-order valence-electron chi connectivity index (χ0n) is 17.9. The number of fused-ring (bicyclic) bond motifs is 3. The molecule has 172 valence electrons. The molecule has 3 heterocycles. The number of carboxylic acid groups (broad SMARTS) is 1. The second kappa shape index (κ2) is 8.05. The number of hydrogen-bond donors (Lipinski definition) is 1. The Bertz CT molecular complexity index is 1350. The Morgan fingerprint density at radius 3 is 2.70 bits per heavy atom. The predicted octanol–water partition coefficient (Wildman–Crippen LogP) is 2.88. The Balaban J connectivity index is 1.59. The minimum Gasteiger partial charge on any atom is -0.476 e. The van der Waals surface area contributed by atoms with E-state index >= 15 is 0 Å². The summed E-state index contributed by atoms with van der Waals surface area (Å²) >= 11 is 0. The van der Waals surface area contributed by atoms with Crippen LogP contribution in [-0.2, 0) is 26.9 Å². The lowest BCUT2D eigenvalue weighted by molar-refractivity contribution is -0.00436. The number of ether oxygens (including phenoxy) is 1. The summed E-state index contributed by atoms with van der Waals surface area (Å²) < 4.78 is 46.9. The molecule has 0 bridgehead atoms. The predicted molar refractivity (Wildman–Crippen MR) is 117 cm³/mol. The van der Waals surface area contributed by atoms with Crippen molar-refractivity contribution in [3.8, 4) is 16.9 Å². The van der Waals surface area contributed by atoms with Gasteiger partial charge in [0, 0.05) is 30.3 Å². The van der Waals surface area contributed by atoms with Gasteiger partial charge in [0.1, 0.15) is 10.7 Å². The van der Waals surface area contributed by atoms with Crippen molar-refractivity contribution in [2.24, 2.45) is 0 Å². The molecule has 1 atom stereocenters. The topological polar surface area (TPSA) is 102 Å². The molecule has 1 saturated heterocycles. The van der Waals surface area contributed by atoms with Crippen molar-refractivity contribution in [2.45, 2.75) is 30.2 Å². The minimum absolute atomic E-state index is 0.0619. The molecule has 2 aromatic carbocycles. The normalized spacial score (nSPS) is 19.6. The minimum atomic E-state index is -4.05. The van der Waals surface area contributed by atoms with Crippen LogP contribution in [0, 0.1) is 5.82 Å². The average molecular weight is 472 g/mol. The van der Waals surface area contributed by atoms with E-state index < -0.39 is 32.3 Å². The SMILES string of the molecule is C[C@H]1COCCN1Cc1ccc(-n2nc(C(=O)O)c3c2-c2cccc(F)c2S(=O)(=O)C3)cc1. The van der Waals surface area contributed by atoms with Crippen LogP contribution in [-0.4, -0.2) is 60.0 Å². The molecule has 10 heteroatoms. The van der Waals surface area contributed by atoms with E-state index in [0.29, 0.717) is 24.9 Å². The van der Waals surface area contributed by atoms with Gasteiger partial charge in [0.05, 0.1) is 30.3 Å². The molecule has 0 amide bonds. The van der Waals surface area contributed by atoms with Crippen LogP contribution < -0.4 is 0 Å². The maximum absolute atomic E-state index is 14.5. The lowest BCUT2D eigenvalue weighted by atomic mass is 10.0. The Labute approximate surface area is 190 Å². The summed E-state index contributed by atoms with van der Waals surface area (Å²) in [6, 6.07) is 11.7. The molecule has 8 nitrogen and oxygen atoms in total. The van der Waals surface area contributed by atoms with Gasteiger partial charge in [-0.3, -0.25) is 4.90 Å². The number of hydrogen-bond acceptors (Lipinski definition) is 6. The van der Waals surface area contributed by atoms with E-state index in [-0.39, 0.29) is 22.5 Å². The van der Waals surface area contributed by atoms with E-state index in [1.54, 1.807) is 12.1 Å². The van der Waals surface area contributed by atoms with Crippen molar-refractivity contribution in [3.63, 3.8) is 0 Å². The summed E-state index contributed by atoms with van der Waals surface area (Å²) in [5.41, 5.74) is 1.74. The fraction of sp³-hybridized carbons (Fsp3) is 0.304. The number of carboxylic acids is 1. The molecule has 33 heavy (non-hydrogen) atoms. The van der Waals surface area contributed by atoms with Crippen LogP contribution in [0.3, 0.4) is 0 Å². The van der Waals surface area contributed by atoms with E-state index in [2.05, 4.69) is 16.9 Å². The molecule has 1 fully saturated rings. The highest BCUT2D eigenvalue weighted by Gasteiger charge is 2.37. The average Bonchev–Trinajstić information content (AvgIpc) is 3.14. The first-order valence-electron chi connectivity index (χ1n) is 10.5. The quantitative estimate of drug-likeness (QED) is 0.624. The van der Waals surface area contributed by atoms with Crippen LogP contribution in [0.4, 0.5) is 4.39 Å². The third kappa shape index (κ3) is 3.73.